The van der Waals surface area contributed by atoms with Gasteiger partial charge < -0.3 is 10.4 Å². The molecule has 3 nitrogen and oxygen atoms in total. The van der Waals surface area contributed by atoms with Crippen LogP contribution in [0.15, 0.2) is 0 Å². The van der Waals surface area contributed by atoms with E-state index in [9.17, 15) is 4.79 Å². The van der Waals surface area contributed by atoms with Crippen LogP contribution in [0.5, 0.6) is 0 Å². The van der Waals surface area contributed by atoms with E-state index in [4.69, 9.17) is 5.11 Å². The number of amides is 1. The fraction of sp³-hybridized carbons (Fsp3) is 0.900. The van der Waals surface area contributed by atoms with E-state index in [1.807, 2.05) is 0 Å². The molecule has 0 bridgehead atoms. The molecule has 0 radical (unpaired) electrons. The first kappa shape index (κ1) is 11.9. The molecule has 0 aromatic rings. The van der Waals surface area contributed by atoms with Crippen LogP contribution in [0.3, 0.4) is 0 Å². The van der Waals surface area contributed by atoms with Crippen LogP contribution in [-0.4, -0.2) is 34.7 Å². The van der Waals surface area contributed by atoms with E-state index in [2.05, 4.69) is 12.2 Å². The summed E-state index contributed by atoms with van der Waals surface area (Å²) in [6, 6.07) is 0.474. The molecular weight excluding hydrogens is 198 g/mol. The number of carbonyl (C=O) groups is 1. The van der Waals surface area contributed by atoms with Crippen LogP contribution in [0.4, 0.5) is 0 Å². The van der Waals surface area contributed by atoms with Gasteiger partial charge in [-0.05, 0) is 19.3 Å². The average Bonchev–Trinajstić information content (AvgIpc) is 2.88. The molecule has 0 heterocycles. The fourth-order valence-electron chi connectivity index (χ4n) is 1.15. The molecule has 1 atom stereocenters. The molecule has 1 aliphatic carbocycles. The second-order valence-corrected chi connectivity index (χ2v) is 5.33. The van der Waals surface area contributed by atoms with Crippen LogP contribution in [0.2, 0.25) is 0 Å². The Kier molecular flexibility index (Phi) is 5.33. The Balaban J connectivity index is 1.93. The Bertz CT molecular complexity index is 183. The first-order valence-corrected chi connectivity index (χ1v) is 6.29. The number of thioether (sulfide) groups is 1. The van der Waals surface area contributed by atoms with Crippen LogP contribution >= 0.6 is 11.8 Å². The topological polar surface area (TPSA) is 49.3 Å². The highest BCUT2D eigenvalue weighted by Crippen LogP contribution is 2.19. The van der Waals surface area contributed by atoms with E-state index < -0.39 is 0 Å². The maximum absolute atomic E-state index is 11.3. The largest absolute Gasteiger partial charge is 0.396 e. The second-order valence-electron chi connectivity index (χ2n) is 3.79. The number of rotatable bonds is 7. The molecule has 0 aromatic carbocycles. The zero-order valence-corrected chi connectivity index (χ0v) is 9.48. The van der Waals surface area contributed by atoms with Crippen molar-refractivity contribution in [1.82, 2.24) is 5.32 Å². The monoisotopic (exact) mass is 217 g/mol. The molecule has 4 heteroatoms. The summed E-state index contributed by atoms with van der Waals surface area (Å²) >= 11 is 1.76. The summed E-state index contributed by atoms with van der Waals surface area (Å²) < 4.78 is 0. The van der Waals surface area contributed by atoms with Crippen LogP contribution < -0.4 is 5.32 Å². The molecule has 1 amide bonds. The van der Waals surface area contributed by atoms with Crippen molar-refractivity contribution in [2.75, 3.05) is 12.4 Å². The van der Waals surface area contributed by atoms with E-state index in [1.165, 1.54) is 0 Å². The minimum Gasteiger partial charge on any atom is -0.396 e. The standard InChI is InChI=1S/C10H19NO2S/c1-8(4-6-12)14-7-5-10(13)11-9-2-3-9/h8-9,12H,2-7H2,1H3,(H,11,13). The van der Waals surface area contributed by atoms with E-state index in [0.29, 0.717) is 17.7 Å². The summed E-state index contributed by atoms with van der Waals surface area (Å²) in [4.78, 5) is 11.3. The van der Waals surface area contributed by atoms with Crippen molar-refractivity contribution < 1.29 is 9.90 Å². The maximum atomic E-state index is 11.3. The molecular formula is C10H19NO2S. The summed E-state index contributed by atoms with van der Waals surface area (Å²) in [5.41, 5.74) is 0. The van der Waals surface area contributed by atoms with Crippen molar-refractivity contribution in [1.29, 1.82) is 0 Å². The quantitative estimate of drug-likeness (QED) is 0.673. The molecule has 0 saturated heterocycles. The first-order valence-electron chi connectivity index (χ1n) is 5.24. The van der Waals surface area contributed by atoms with Gasteiger partial charge in [-0.2, -0.15) is 11.8 Å². The molecule has 1 unspecified atom stereocenters. The van der Waals surface area contributed by atoms with Crippen molar-refractivity contribution in [2.24, 2.45) is 0 Å². The van der Waals surface area contributed by atoms with Gasteiger partial charge in [0, 0.05) is 30.1 Å². The molecule has 14 heavy (non-hydrogen) atoms. The van der Waals surface area contributed by atoms with Gasteiger partial charge in [0.15, 0.2) is 0 Å². The summed E-state index contributed by atoms with van der Waals surface area (Å²) in [5, 5.41) is 12.1. The summed E-state index contributed by atoms with van der Waals surface area (Å²) in [5.74, 6) is 1.04. The lowest BCUT2D eigenvalue weighted by Crippen LogP contribution is -2.25. The van der Waals surface area contributed by atoms with Crippen LogP contribution in [0, 0.1) is 0 Å². The molecule has 0 aromatic heterocycles. The van der Waals surface area contributed by atoms with Crippen molar-refractivity contribution in [2.45, 2.75) is 43.9 Å². The van der Waals surface area contributed by atoms with Gasteiger partial charge in [0.05, 0.1) is 0 Å². The lowest BCUT2D eigenvalue weighted by Gasteiger charge is -2.08. The normalized spacial score (nSPS) is 17.9. The molecule has 82 valence electrons. The average molecular weight is 217 g/mol. The number of hydrogen-bond acceptors (Lipinski definition) is 3. The van der Waals surface area contributed by atoms with Crippen LogP contribution in [-0.2, 0) is 4.79 Å². The third-order valence-corrected chi connectivity index (χ3v) is 3.45. The molecule has 1 saturated carbocycles. The van der Waals surface area contributed by atoms with Gasteiger partial charge in [-0.1, -0.05) is 6.92 Å². The number of hydrogen-bond donors (Lipinski definition) is 2. The van der Waals surface area contributed by atoms with Gasteiger partial charge in [0.2, 0.25) is 5.91 Å². The summed E-state index contributed by atoms with van der Waals surface area (Å²) in [7, 11) is 0. The fourth-order valence-corrected chi connectivity index (χ4v) is 2.12. The Morgan fingerprint density at radius 1 is 1.64 bits per heavy atom. The third kappa shape index (κ3) is 5.50. The molecule has 1 aliphatic rings. The number of carbonyl (C=O) groups excluding carboxylic acids is 1. The zero-order chi connectivity index (χ0) is 10.4. The van der Waals surface area contributed by atoms with Crippen LogP contribution in [0.1, 0.15) is 32.6 Å². The van der Waals surface area contributed by atoms with Crippen molar-refractivity contribution in [3.05, 3.63) is 0 Å². The minimum atomic E-state index is 0.177. The lowest BCUT2D eigenvalue weighted by molar-refractivity contribution is -0.120. The molecule has 1 fully saturated rings. The molecule has 0 spiro atoms. The summed E-state index contributed by atoms with van der Waals surface area (Å²) in [6.07, 6.45) is 3.73. The van der Waals surface area contributed by atoms with E-state index >= 15 is 0 Å². The van der Waals surface area contributed by atoms with E-state index in [-0.39, 0.29) is 12.5 Å². The SMILES string of the molecule is CC(CCO)SCCC(=O)NC1CC1. The summed E-state index contributed by atoms with van der Waals surface area (Å²) in [6.45, 7) is 2.32. The number of aliphatic hydroxyl groups excluding tert-OH is 1. The first-order chi connectivity index (χ1) is 6.72. The molecule has 0 aliphatic heterocycles. The van der Waals surface area contributed by atoms with E-state index in [0.717, 1.165) is 25.0 Å². The van der Waals surface area contributed by atoms with Gasteiger partial charge in [0.1, 0.15) is 0 Å². The Labute approximate surface area is 89.6 Å². The predicted octanol–water partition coefficient (Wildman–Crippen LogP) is 1.16. The maximum Gasteiger partial charge on any atom is 0.221 e. The number of nitrogens with one attached hydrogen (secondary N) is 1. The predicted molar refractivity (Wildman–Crippen MR) is 59.4 cm³/mol. The van der Waals surface area contributed by atoms with Gasteiger partial charge in [0.25, 0.3) is 0 Å². The minimum absolute atomic E-state index is 0.177. The molecule has 2 N–H and O–H groups in total. The van der Waals surface area contributed by atoms with Gasteiger partial charge >= 0.3 is 0 Å². The zero-order valence-electron chi connectivity index (χ0n) is 8.66. The highest BCUT2D eigenvalue weighted by Gasteiger charge is 2.22. The highest BCUT2D eigenvalue weighted by atomic mass is 32.2. The lowest BCUT2D eigenvalue weighted by atomic mass is 10.3. The van der Waals surface area contributed by atoms with Gasteiger partial charge in [-0.3, -0.25) is 4.79 Å². The second kappa shape index (κ2) is 6.30. The Morgan fingerprint density at radius 2 is 2.36 bits per heavy atom. The van der Waals surface area contributed by atoms with Gasteiger partial charge in [-0.25, -0.2) is 0 Å². The smallest absolute Gasteiger partial charge is 0.221 e. The van der Waals surface area contributed by atoms with Crippen molar-refractivity contribution in [3.63, 3.8) is 0 Å². The molecule has 1 rings (SSSR count). The third-order valence-electron chi connectivity index (χ3n) is 2.21. The highest BCUT2D eigenvalue weighted by molar-refractivity contribution is 7.99. The van der Waals surface area contributed by atoms with Crippen LogP contribution in [0.25, 0.3) is 0 Å². The Morgan fingerprint density at radius 3 is 2.93 bits per heavy atom. The van der Waals surface area contributed by atoms with E-state index in [1.54, 1.807) is 11.8 Å². The number of aliphatic hydroxyl groups is 1. The Hall–Kier alpha value is -0.220. The van der Waals surface area contributed by atoms with Crippen molar-refractivity contribution in [3.8, 4) is 0 Å². The van der Waals surface area contributed by atoms with Gasteiger partial charge in [-0.15, -0.1) is 0 Å². The van der Waals surface area contributed by atoms with Crippen molar-refractivity contribution >= 4 is 17.7 Å².